The molecular formula is C61H96N10O20. The van der Waals surface area contributed by atoms with Crippen LogP contribution in [0.1, 0.15) is 127 Å². The smallest absolute Gasteiger partial charge is 0.351 e. The number of anilines is 3. The first-order valence-corrected chi connectivity index (χ1v) is 30.0. The van der Waals surface area contributed by atoms with Gasteiger partial charge in [0.1, 0.15) is 54.1 Å². The molecule has 0 bridgehead atoms. The number of rotatable bonds is 24. The number of nitrogens with two attached hydrogens (primary N) is 1. The second-order valence-electron chi connectivity index (χ2n) is 22.3. The first kappa shape index (κ1) is 78.5. The van der Waals surface area contributed by atoms with Crippen molar-refractivity contribution >= 4 is 41.2 Å². The standard InChI is InChI=1S/C21H27N3O6.C18H29N3O6.C14H23N3O5.C8H14O3.H3N/c1-4-15-16(25)17(29-11-10-28-3)20(30-15)24-12-13(2)18(23-21(24)27)22-19(26)14-8-6-5-7-9-14;1-6-12-13(22)14(26-8-7-25-5)17(27-12)21-9-11(4)15(20-18(21)24)19-16(23)10(2)3;1-4-9-10(18)11(21-6-5-20-3)13(22-9)17-7-8(2)12(15)16-14(17)19;1-5(2)7(9)11-8(10)6(3)4;/h5-9,12,15-17,20,25H,4,10-11H2,1-3H3,(H,22,23,26,27);9-10,12-14,17,22H,6-8H2,1-5H3,(H,19,20,23,24);7,9-11,13,18H,4-6H2,1-3H3,(H2,15,16,19);5-6H,1-4H3;1H3/t15-,16+,17?,20-;12-,13+,14?,17-;9-,10+,11?,13-;;/m111../s1. The molecule has 12 atom stereocenters. The van der Waals surface area contributed by atoms with E-state index in [1.165, 1.54) is 13.7 Å². The molecule has 2 amide bonds. The quantitative estimate of drug-likeness (QED) is 0.0298. The minimum Gasteiger partial charge on any atom is -0.393 e. The van der Waals surface area contributed by atoms with Crippen LogP contribution < -0.4 is 39.6 Å². The maximum Gasteiger partial charge on any atom is 0.351 e. The third kappa shape index (κ3) is 21.9. The fourth-order valence-electron chi connectivity index (χ4n) is 9.06. The zero-order valence-corrected chi connectivity index (χ0v) is 54.9. The normalized spacial score (nSPS) is 23.3. The van der Waals surface area contributed by atoms with Gasteiger partial charge in [-0.2, -0.15) is 15.0 Å². The second-order valence-corrected chi connectivity index (χ2v) is 22.3. The van der Waals surface area contributed by atoms with Crippen molar-refractivity contribution in [1.82, 2.24) is 34.8 Å². The predicted octanol–water partition coefficient (Wildman–Crippen LogP) is 3.71. The lowest BCUT2D eigenvalue weighted by Gasteiger charge is -2.23. The average molecular weight is 1290 g/mol. The Morgan fingerprint density at radius 1 is 0.538 bits per heavy atom. The molecule has 3 saturated heterocycles. The summed E-state index contributed by atoms with van der Waals surface area (Å²) in [6.07, 6.45) is -1.97. The summed E-state index contributed by atoms with van der Waals surface area (Å²) in [6, 6.07) is 8.67. The predicted molar refractivity (Wildman–Crippen MR) is 333 cm³/mol. The van der Waals surface area contributed by atoms with E-state index in [1.807, 2.05) is 26.8 Å². The van der Waals surface area contributed by atoms with E-state index < -0.39 is 103 Å². The van der Waals surface area contributed by atoms with Crippen molar-refractivity contribution in [2.24, 2.45) is 17.8 Å². The van der Waals surface area contributed by atoms with Gasteiger partial charge in [0.05, 0.1) is 69.8 Å². The van der Waals surface area contributed by atoms with Gasteiger partial charge in [-0.15, -0.1) is 0 Å². The molecule has 3 aliphatic heterocycles. The Kier molecular flexibility index (Phi) is 33.0. The van der Waals surface area contributed by atoms with Crippen LogP contribution in [0.2, 0.25) is 0 Å². The zero-order chi connectivity index (χ0) is 67.1. The molecule has 510 valence electrons. The molecule has 1 aromatic carbocycles. The van der Waals surface area contributed by atoms with Crippen molar-refractivity contribution in [2.75, 3.05) is 77.3 Å². The van der Waals surface area contributed by atoms with Gasteiger partial charge in [0.2, 0.25) is 5.91 Å². The van der Waals surface area contributed by atoms with Crippen molar-refractivity contribution in [1.29, 1.82) is 0 Å². The van der Waals surface area contributed by atoms with E-state index in [9.17, 15) is 48.9 Å². The average Bonchev–Trinajstić information content (AvgIpc) is 1.81. The van der Waals surface area contributed by atoms with Gasteiger partial charge < -0.3 is 85.2 Å². The Morgan fingerprint density at radius 2 is 0.879 bits per heavy atom. The van der Waals surface area contributed by atoms with Crippen LogP contribution in [0.15, 0.2) is 63.3 Å². The lowest BCUT2D eigenvalue weighted by atomic mass is 10.1. The first-order chi connectivity index (χ1) is 42.7. The highest BCUT2D eigenvalue weighted by Crippen LogP contribution is 2.35. The number of hydrogen-bond acceptors (Lipinski definition) is 25. The molecule has 0 aliphatic carbocycles. The van der Waals surface area contributed by atoms with Crippen LogP contribution in [0.25, 0.3) is 0 Å². The molecule has 0 saturated carbocycles. The first-order valence-electron chi connectivity index (χ1n) is 30.0. The van der Waals surface area contributed by atoms with Crippen molar-refractivity contribution < 1.29 is 81.9 Å². The zero-order valence-electron chi connectivity index (χ0n) is 54.9. The Labute approximate surface area is 529 Å². The van der Waals surface area contributed by atoms with E-state index in [0.717, 1.165) is 0 Å². The number of aromatic nitrogens is 6. The molecule has 0 radical (unpaired) electrons. The Hall–Kier alpha value is -6.78. The number of esters is 2. The van der Waals surface area contributed by atoms with Crippen molar-refractivity contribution in [3.8, 4) is 0 Å². The monoisotopic (exact) mass is 1290 g/mol. The second kappa shape index (κ2) is 38.3. The maximum absolute atomic E-state index is 12.7. The van der Waals surface area contributed by atoms with Crippen molar-refractivity contribution in [3.63, 3.8) is 0 Å². The van der Waals surface area contributed by atoms with Gasteiger partial charge in [0.15, 0.2) is 18.7 Å². The van der Waals surface area contributed by atoms with Crippen molar-refractivity contribution in [3.05, 3.63) is 103 Å². The number of amides is 2. The van der Waals surface area contributed by atoms with Gasteiger partial charge in [-0.25, -0.2) is 14.4 Å². The van der Waals surface area contributed by atoms with Gasteiger partial charge in [-0.1, -0.05) is 80.5 Å². The van der Waals surface area contributed by atoms with Crippen LogP contribution in [0, 0.1) is 38.5 Å². The van der Waals surface area contributed by atoms with Gasteiger partial charge in [0, 0.05) is 68.1 Å². The summed E-state index contributed by atoms with van der Waals surface area (Å²) in [4.78, 5) is 95.1. The summed E-state index contributed by atoms with van der Waals surface area (Å²) in [7, 11) is 4.67. The number of aliphatic hydroxyl groups is 3. The van der Waals surface area contributed by atoms with Crippen LogP contribution in [0.5, 0.6) is 0 Å². The van der Waals surface area contributed by atoms with E-state index >= 15 is 0 Å². The van der Waals surface area contributed by atoms with Crippen LogP contribution in [-0.4, -0.2) is 184 Å². The molecule has 0 spiro atoms. The third-order valence-electron chi connectivity index (χ3n) is 14.4. The highest BCUT2D eigenvalue weighted by atomic mass is 16.6. The van der Waals surface area contributed by atoms with E-state index in [2.05, 4.69) is 30.3 Å². The van der Waals surface area contributed by atoms with Gasteiger partial charge in [0.25, 0.3) is 5.91 Å². The number of carbonyl (C=O) groups is 4. The highest BCUT2D eigenvalue weighted by Gasteiger charge is 2.48. The Bertz CT molecular complexity index is 3090. The number of aryl methyl sites for hydroxylation is 3. The largest absolute Gasteiger partial charge is 0.393 e. The Morgan fingerprint density at radius 3 is 1.21 bits per heavy atom. The van der Waals surface area contributed by atoms with Crippen LogP contribution in [0.4, 0.5) is 17.5 Å². The number of ether oxygens (including phenoxy) is 10. The van der Waals surface area contributed by atoms with Crippen LogP contribution in [0.3, 0.4) is 0 Å². The number of nitrogen functional groups attached to an aromatic ring is 1. The molecule has 3 unspecified atom stereocenters. The Balaban J connectivity index is 0.000000330. The molecule has 4 aromatic rings. The van der Waals surface area contributed by atoms with Crippen LogP contribution in [-0.2, 0) is 61.8 Å². The molecule has 30 heteroatoms. The minimum absolute atomic E-state index is 0. The number of benzene rings is 1. The molecular weight excluding hydrogens is 1190 g/mol. The number of nitrogens with one attached hydrogen (secondary N) is 2. The fourth-order valence-corrected chi connectivity index (χ4v) is 9.06. The number of hydrogen-bond donors (Lipinski definition) is 7. The summed E-state index contributed by atoms with van der Waals surface area (Å²) in [6.45, 7) is 23.1. The lowest BCUT2D eigenvalue weighted by Crippen LogP contribution is -2.38. The minimum atomic E-state index is -0.887. The summed E-state index contributed by atoms with van der Waals surface area (Å²) in [5.74, 6) is -1.62. The van der Waals surface area contributed by atoms with Crippen molar-refractivity contribution in [2.45, 2.75) is 176 Å². The van der Waals surface area contributed by atoms with Gasteiger partial charge >= 0.3 is 29.0 Å². The van der Waals surface area contributed by atoms with E-state index in [0.29, 0.717) is 67.9 Å². The van der Waals surface area contributed by atoms with E-state index in [-0.39, 0.29) is 66.4 Å². The molecule has 6 heterocycles. The van der Waals surface area contributed by atoms with E-state index in [1.54, 1.807) is 126 Å². The van der Waals surface area contributed by atoms with Gasteiger partial charge in [-0.05, 0) is 52.2 Å². The SMILES string of the molecule is CC(C)C(=O)OC(=O)C(C)C.CC[C@H]1O[C@@H](n2cc(C)c(N)nc2=O)C(OCCOC)[C@H]1O.CC[C@H]1O[C@@H](n2cc(C)c(NC(=O)C(C)C)nc2=O)C(OCCOC)[C@H]1O.CC[C@H]1O[C@@H](n2cc(C)c(NC(=O)c3ccccc3)nc2=O)C(OCCOC)[C@H]1O.N. The molecule has 7 rings (SSSR count). The molecule has 30 nitrogen and oxygen atoms in total. The molecule has 91 heavy (non-hydrogen) atoms. The molecule has 3 fully saturated rings. The molecule has 3 aromatic heterocycles. The molecule has 3 aliphatic rings. The number of carbonyl (C=O) groups excluding carboxylic acids is 4. The topological polar surface area (TPSA) is 411 Å². The molecule has 10 N–H and O–H groups in total. The fraction of sp³-hybridized carbons (Fsp3) is 0.639. The van der Waals surface area contributed by atoms with Gasteiger partial charge in [-0.3, -0.25) is 32.9 Å². The summed E-state index contributed by atoms with van der Waals surface area (Å²) in [5, 5.41) is 36.7. The van der Waals surface area contributed by atoms with E-state index in [4.69, 9.17) is 48.4 Å². The summed E-state index contributed by atoms with van der Waals surface area (Å²) < 4.78 is 58.0. The number of nitrogens with zero attached hydrogens (tertiary/aromatic N) is 6. The number of aliphatic hydroxyl groups excluding tert-OH is 3. The summed E-state index contributed by atoms with van der Waals surface area (Å²) >= 11 is 0. The van der Waals surface area contributed by atoms with Crippen LogP contribution >= 0.6 is 0 Å². The number of methoxy groups -OCH3 is 3. The summed E-state index contributed by atoms with van der Waals surface area (Å²) in [5.41, 5.74) is 6.21. The highest BCUT2D eigenvalue weighted by molar-refractivity contribution is 6.04. The maximum atomic E-state index is 12.7. The lowest BCUT2D eigenvalue weighted by molar-refractivity contribution is -0.164. The third-order valence-corrected chi connectivity index (χ3v) is 14.4.